The lowest BCUT2D eigenvalue weighted by atomic mass is 10.2. The first-order valence-corrected chi connectivity index (χ1v) is 8.12. The van der Waals surface area contributed by atoms with Crippen LogP contribution >= 0.6 is 0 Å². The highest BCUT2D eigenvalue weighted by atomic mass is 32.2. The molecular weight excluding hydrogens is 270 g/mol. The Kier molecular flexibility index (Phi) is 4.45. The molecule has 3 nitrogen and oxygen atoms in total. The molecule has 2 aromatic rings. The molecule has 20 heavy (non-hydrogen) atoms. The Morgan fingerprint density at radius 2 is 1.60 bits per heavy atom. The maximum absolute atomic E-state index is 12.5. The molecule has 0 heterocycles. The normalized spacial score (nSPS) is 11.6. The smallest absolute Gasteiger partial charge is 0.206 e. The van der Waals surface area contributed by atoms with Gasteiger partial charge in [0.05, 0.1) is 9.79 Å². The van der Waals surface area contributed by atoms with Gasteiger partial charge in [-0.3, -0.25) is 0 Å². The van der Waals surface area contributed by atoms with E-state index in [1.807, 2.05) is 6.07 Å². The highest BCUT2D eigenvalue weighted by Gasteiger charge is 2.17. The summed E-state index contributed by atoms with van der Waals surface area (Å²) >= 11 is 0. The van der Waals surface area contributed by atoms with E-state index in [9.17, 15) is 8.42 Å². The van der Waals surface area contributed by atoms with Crippen molar-refractivity contribution in [1.29, 1.82) is 0 Å². The van der Waals surface area contributed by atoms with E-state index >= 15 is 0 Å². The third-order valence-electron chi connectivity index (χ3n) is 2.91. The molecule has 0 atom stereocenters. The van der Waals surface area contributed by atoms with Gasteiger partial charge in [-0.1, -0.05) is 38.1 Å². The summed E-state index contributed by atoms with van der Waals surface area (Å²) in [7, 11) is -3.44. The van der Waals surface area contributed by atoms with Crippen molar-refractivity contribution in [2.24, 2.45) is 5.92 Å². The summed E-state index contributed by atoms with van der Waals surface area (Å²) in [6.45, 7) is 5.03. The highest BCUT2D eigenvalue weighted by Crippen LogP contribution is 2.23. The lowest BCUT2D eigenvalue weighted by Gasteiger charge is -2.11. The van der Waals surface area contributed by atoms with Crippen LogP contribution in [0.2, 0.25) is 0 Å². The summed E-state index contributed by atoms with van der Waals surface area (Å²) in [6, 6.07) is 15.5. The molecule has 0 aromatic heterocycles. The first-order valence-electron chi connectivity index (χ1n) is 6.64. The van der Waals surface area contributed by atoms with Gasteiger partial charge in [0.25, 0.3) is 0 Å². The van der Waals surface area contributed by atoms with Gasteiger partial charge in [-0.15, -0.1) is 0 Å². The Hall–Kier alpha value is -1.81. The summed E-state index contributed by atoms with van der Waals surface area (Å²) in [5.74, 6) is 0.504. The fourth-order valence-corrected chi connectivity index (χ4v) is 3.16. The third-order valence-corrected chi connectivity index (χ3v) is 4.68. The molecule has 0 aliphatic heterocycles. The van der Waals surface area contributed by atoms with Crippen molar-refractivity contribution in [1.82, 2.24) is 0 Å². The molecule has 0 bridgehead atoms. The van der Waals surface area contributed by atoms with Crippen molar-refractivity contribution < 1.29 is 8.42 Å². The third kappa shape index (κ3) is 3.39. The van der Waals surface area contributed by atoms with Gasteiger partial charge in [-0.25, -0.2) is 8.42 Å². The van der Waals surface area contributed by atoms with Crippen LogP contribution in [0.4, 0.5) is 5.69 Å². The second kappa shape index (κ2) is 6.09. The monoisotopic (exact) mass is 289 g/mol. The molecule has 4 heteroatoms. The topological polar surface area (TPSA) is 46.2 Å². The Morgan fingerprint density at radius 3 is 2.25 bits per heavy atom. The van der Waals surface area contributed by atoms with Crippen molar-refractivity contribution >= 4 is 15.5 Å². The number of hydrogen-bond donors (Lipinski definition) is 1. The van der Waals surface area contributed by atoms with Gasteiger partial charge in [-0.2, -0.15) is 0 Å². The minimum Gasteiger partial charge on any atom is -0.385 e. The molecule has 0 fully saturated rings. The summed E-state index contributed by atoms with van der Waals surface area (Å²) in [5.41, 5.74) is 0.829. The van der Waals surface area contributed by atoms with E-state index in [0.29, 0.717) is 15.7 Å². The average molecular weight is 289 g/mol. The predicted molar refractivity (Wildman–Crippen MR) is 81.7 cm³/mol. The molecule has 1 N–H and O–H groups in total. The van der Waals surface area contributed by atoms with Crippen molar-refractivity contribution in [2.45, 2.75) is 23.6 Å². The summed E-state index contributed by atoms with van der Waals surface area (Å²) in [5, 5.41) is 3.24. The van der Waals surface area contributed by atoms with E-state index in [-0.39, 0.29) is 0 Å². The van der Waals surface area contributed by atoms with Crippen molar-refractivity contribution in [3.05, 3.63) is 54.6 Å². The van der Waals surface area contributed by atoms with Crippen LogP contribution < -0.4 is 5.32 Å². The zero-order valence-electron chi connectivity index (χ0n) is 11.7. The molecule has 106 valence electrons. The van der Waals surface area contributed by atoms with Gasteiger partial charge in [0, 0.05) is 12.2 Å². The van der Waals surface area contributed by atoms with Crippen LogP contribution in [0.5, 0.6) is 0 Å². The van der Waals surface area contributed by atoms with Crippen LogP contribution in [0.15, 0.2) is 64.4 Å². The van der Waals surface area contributed by atoms with Crippen LogP contribution in [0.3, 0.4) is 0 Å². The largest absolute Gasteiger partial charge is 0.385 e. The molecule has 0 saturated carbocycles. The Bertz CT molecular complexity index is 664. The number of benzene rings is 2. The zero-order chi connectivity index (χ0) is 14.6. The van der Waals surface area contributed by atoms with Crippen molar-refractivity contribution in [2.75, 3.05) is 11.9 Å². The molecule has 0 aliphatic carbocycles. The molecule has 0 amide bonds. The zero-order valence-corrected chi connectivity index (χ0v) is 12.5. The second-order valence-electron chi connectivity index (χ2n) is 5.12. The summed E-state index contributed by atoms with van der Waals surface area (Å²) in [6.07, 6.45) is 0. The molecular formula is C16H19NO2S. The standard InChI is InChI=1S/C16H19NO2S/c1-13(2)12-17-14-7-6-10-16(11-14)20(18,19)15-8-4-3-5-9-15/h3-11,13,17H,12H2,1-2H3. The van der Waals surface area contributed by atoms with Crippen molar-refractivity contribution in [3.63, 3.8) is 0 Å². The molecule has 0 spiro atoms. The number of nitrogens with one attached hydrogen (secondary N) is 1. The maximum Gasteiger partial charge on any atom is 0.206 e. The lowest BCUT2D eigenvalue weighted by Crippen LogP contribution is -2.09. The molecule has 2 rings (SSSR count). The van der Waals surface area contributed by atoms with E-state index in [1.165, 1.54) is 0 Å². The molecule has 0 saturated heterocycles. The molecule has 0 radical (unpaired) electrons. The second-order valence-corrected chi connectivity index (χ2v) is 7.07. The number of rotatable bonds is 5. The minimum absolute atomic E-state index is 0.317. The van der Waals surface area contributed by atoms with Crippen LogP contribution in [0.25, 0.3) is 0 Å². The summed E-state index contributed by atoms with van der Waals surface area (Å²) < 4.78 is 25.0. The molecule has 0 aliphatic rings. The van der Waals surface area contributed by atoms with E-state index in [0.717, 1.165) is 12.2 Å². The first kappa shape index (κ1) is 14.6. The van der Waals surface area contributed by atoms with E-state index in [2.05, 4.69) is 19.2 Å². The van der Waals surface area contributed by atoms with E-state index in [1.54, 1.807) is 48.5 Å². The SMILES string of the molecule is CC(C)CNc1cccc(S(=O)(=O)c2ccccc2)c1. The predicted octanol–water partition coefficient (Wildman–Crippen LogP) is 3.59. The van der Waals surface area contributed by atoms with Gasteiger partial charge >= 0.3 is 0 Å². The first-order chi connectivity index (χ1) is 9.50. The Morgan fingerprint density at radius 1 is 0.950 bits per heavy atom. The van der Waals surface area contributed by atoms with Crippen molar-refractivity contribution in [3.8, 4) is 0 Å². The van der Waals surface area contributed by atoms with Gasteiger partial charge in [0.15, 0.2) is 0 Å². The number of sulfone groups is 1. The number of hydrogen-bond acceptors (Lipinski definition) is 3. The van der Waals surface area contributed by atoms with Crippen LogP contribution in [0, 0.1) is 5.92 Å². The fraction of sp³-hybridized carbons (Fsp3) is 0.250. The van der Waals surface area contributed by atoms with Gasteiger partial charge in [0.2, 0.25) is 9.84 Å². The van der Waals surface area contributed by atoms with Crippen LogP contribution in [0.1, 0.15) is 13.8 Å². The molecule has 2 aromatic carbocycles. The average Bonchev–Trinajstić information content (AvgIpc) is 2.46. The quantitative estimate of drug-likeness (QED) is 0.915. The van der Waals surface area contributed by atoms with Gasteiger partial charge in [0.1, 0.15) is 0 Å². The van der Waals surface area contributed by atoms with E-state index in [4.69, 9.17) is 0 Å². The van der Waals surface area contributed by atoms with Crippen LogP contribution in [-0.4, -0.2) is 15.0 Å². The molecule has 0 unspecified atom stereocenters. The minimum atomic E-state index is -3.44. The summed E-state index contributed by atoms with van der Waals surface area (Å²) in [4.78, 5) is 0.637. The lowest BCUT2D eigenvalue weighted by molar-refractivity contribution is 0.596. The maximum atomic E-state index is 12.5. The van der Waals surface area contributed by atoms with E-state index < -0.39 is 9.84 Å². The van der Waals surface area contributed by atoms with Gasteiger partial charge < -0.3 is 5.32 Å². The van der Waals surface area contributed by atoms with Crippen LogP contribution in [-0.2, 0) is 9.84 Å². The highest BCUT2D eigenvalue weighted by molar-refractivity contribution is 7.91. The van der Waals surface area contributed by atoms with Gasteiger partial charge in [-0.05, 0) is 36.2 Å². The Labute approximate surface area is 120 Å². The fourth-order valence-electron chi connectivity index (χ4n) is 1.83. The Balaban J connectivity index is 2.31. The number of anilines is 1.